The summed E-state index contributed by atoms with van der Waals surface area (Å²) in [7, 11) is -3.28. The molecule has 8 heteroatoms. The molecule has 2 aromatic carbocycles. The molecule has 0 bridgehead atoms. The number of carbonyl (C=O) groups excluding carboxylic acids is 1. The number of fused-ring (bicyclic) bond motifs is 1. The molecule has 0 unspecified atom stereocenters. The Morgan fingerprint density at radius 1 is 1.00 bits per heavy atom. The molecule has 0 saturated carbocycles. The fourth-order valence-electron chi connectivity index (χ4n) is 3.64. The second-order valence-electron chi connectivity index (χ2n) is 6.64. The lowest BCUT2D eigenvalue weighted by Gasteiger charge is -2.23. The number of sulfone groups is 1. The fraction of sp³-hybridized carbons (Fsp3) is 0.278. The van der Waals surface area contributed by atoms with E-state index in [1.807, 2.05) is 6.92 Å². The minimum Gasteiger partial charge on any atom is -0.288 e. The van der Waals surface area contributed by atoms with E-state index in [1.165, 1.54) is 34.1 Å². The van der Waals surface area contributed by atoms with E-state index in [1.54, 1.807) is 18.2 Å². The first-order valence-electron chi connectivity index (χ1n) is 8.11. The van der Waals surface area contributed by atoms with Gasteiger partial charge in [-0.15, -0.1) is 0 Å². The molecule has 2 atom stereocenters. The number of amides is 2. The van der Waals surface area contributed by atoms with Gasteiger partial charge in [0.1, 0.15) is 5.82 Å². The number of carbonyl (C=O) groups is 1. The lowest BCUT2D eigenvalue weighted by atomic mass is 10.1. The summed E-state index contributed by atoms with van der Waals surface area (Å²) in [6.45, 7) is 1.85. The van der Waals surface area contributed by atoms with Gasteiger partial charge in [0.25, 0.3) is 0 Å². The second kappa shape index (κ2) is 5.96. The number of halogens is 2. The molecule has 2 saturated heterocycles. The SMILES string of the molecule is Cc1ccc(N2C(=O)N(c3ccc(F)cc3)[C@H]3CS(=O)(=O)C[C@@H]32)cc1Cl. The van der Waals surface area contributed by atoms with Crippen LogP contribution in [-0.4, -0.2) is 38.0 Å². The second-order valence-corrected chi connectivity index (χ2v) is 9.21. The molecule has 4 rings (SSSR count). The van der Waals surface area contributed by atoms with Crippen LogP contribution in [0.4, 0.5) is 20.6 Å². The van der Waals surface area contributed by atoms with Gasteiger partial charge < -0.3 is 0 Å². The van der Waals surface area contributed by atoms with Crippen molar-refractivity contribution in [3.63, 3.8) is 0 Å². The van der Waals surface area contributed by atoms with E-state index < -0.39 is 27.7 Å². The van der Waals surface area contributed by atoms with Crippen molar-refractivity contribution in [1.29, 1.82) is 0 Å². The Balaban J connectivity index is 1.81. The third-order valence-electron chi connectivity index (χ3n) is 4.91. The Morgan fingerprint density at radius 2 is 1.54 bits per heavy atom. The number of urea groups is 1. The number of rotatable bonds is 2. The van der Waals surface area contributed by atoms with Crippen molar-refractivity contribution in [3.8, 4) is 0 Å². The highest BCUT2D eigenvalue weighted by molar-refractivity contribution is 7.91. The normalized spacial score (nSPS) is 24.2. The van der Waals surface area contributed by atoms with E-state index in [0.29, 0.717) is 16.4 Å². The summed E-state index contributed by atoms with van der Waals surface area (Å²) in [6.07, 6.45) is 0. The monoisotopic (exact) mass is 394 g/mol. The molecule has 2 aromatic rings. The first-order chi connectivity index (χ1) is 12.3. The Hall–Kier alpha value is -2.12. The quantitative estimate of drug-likeness (QED) is 0.733. The van der Waals surface area contributed by atoms with E-state index in [2.05, 4.69) is 0 Å². The van der Waals surface area contributed by atoms with Crippen LogP contribution in [0, 0.1) is 12.7 Å². The standard InChI is InChI=1S/C18H16ClFN2O3S/c1-11-2-5-14(8-15(11)19)22-17-10-26(24,25)9-16(17)21(18(22)23)13-6-3-12(20)4-7-13/h2-8,16-17H,9-10H2,1H3/t16-,17-/m0/s1. The number of anilines is 2. The largest absolute Gasteiger partial charge is 0.329 e. The zero-order valence-corrected chi connectivity index (χ0v) is 15.5. The van der Waals surface area contributed by atoms with Gasteiger partial charge in [0.15, 0.2) is 9.84 Å². The molecule has 2 aliphatic rings. The van der Waals surface area contributed by atoms with E-state index in [-0.39, 0.29) is 17.5 Å². The molecule has 0 N–H and O–H groups in total. The van der Waals surface area contributed by atoms with E-state index in [4.69, 9.17) is 11.6 Å². The Bertz CT molecular complexity index is 994. The van der Waals surface area contributed by atoms with Crippen molar-refractivity contribution in [2.75, 3.05) is 21.3 Å². The van der Waals surface area contributed by atoms with Gasteiger partial charge in [-0.3, -0.25) is 9.80 Å². The Morgan fingerprint density at radius 3 is 2.12 bits per heavy atom. The molecule has 2 fully saturated rings. The Kier molecular flexibility index (Phi) is 3.96. The van der Waals surface area contributed by atoms with Crippen LogP contribution < -0.4 is 9.80 Å². The molecule has 2 heterocycles. The Labute approximate surface area is 155 Å². The van der Waals surface area contributed by atoms with Crippen molar-refractivity contribution in [2.45, 2.75) is 19.0 Å². The summed E-state index contributed by atoms with van der Waals surface area (Å²) in [6, 6.07) is 9.36. The minimum absolute atomic E-state index is 0.105. The van der Waals surface area contributed by atoms with Gasteiger partial charge in [0, 0.05) is 16.4 Å². The maximum absolute atomic E-state index is 13.3. The number of hydrogen-bond acceptors (Lipinski definition) is 3. The molecular weight excluding hydrogens is 379 g/mol. The summed E-state index contributed by atoms with van der Waals surface area (Å²) in [4.78, 5) is 16.1. The van der Waals surface area contributed by atoms with Crippen LogP contribution >= 0.6 is 11.6 Å². The van der Waals surface area contributed by atoms with Crippen LogP contribution in [0.25, 0.3) is 0 Å². The number of hydrogen-bond donors (Lipinski definition) is 0. The third kappa shape index (κ3) is 2.75. The van der Waals surface area contributed by atoms with Crippen LogP contribution in [-0.2, 0) is 9.84 Å². The third-order valence-corrected chi connectivity index (χ3v) is 7.01. The van der Waals surface area contributed by atoms with Crippen molar-refractivity contribution in [2.24, 2.45) is 0 Å². The smallest absolute Gasteiger partial charge is 0.288 e. The lowest BCUT2D eigenvalue weighted by molar-refractivity contribution is 0.255. The van der Waals surface area contributed by atoms with Crippen molar-refractivity contribution >= 4 is 38.8 Å². The van der Waals surface area contributed by atoms with Gasteiger partial charge in [0.05, 0.1) is 23.6 Å². The predicted octanol–water partition coefficient (Wildman–Crippen LogP) is 3.40. The topological polar surface area (TPSA) is 57.7 Å². The van der Waals surface area contributed by atoms with E-state index >= 15 is 0 Å². The zero-order valence-electron chi connectivity index (χ0n) is 13.9. The summed E-state index contributed by atoms with van der Waals surface area (Å²) in [5.41, 5.74) is 1.90. The molecule has 26 heavy (non-hydrogen) atoms. The zero-order chi connectivity index (χ0) is 18.6. The van der Waals surface area contributed by atoms with Gasteiger partial charge in [0.2, 0.25) is 0 Å². The number of nitrogens with zero attached hydrogens (tertiary/aromatic N) is 2. The minimum atomic E-state index is -3.28. The summed E-state index contributed by atoms with van der Waals surface area (Å²) >= 11 is 6.20. The molecule has 0 radical (unpaired) electrons. The van der Waals surface area contributed by atoms with Crippen molar-refractivity contribution < 1.29 is 17.6 Å². The van der Waals surface area contributed by atoms with Crippen LogP contribution in [0.3, 0.4) is 0 Å². The molecule has 0 aliphatic carbocycles. The van der Waals surface area contributed by atoms with E-state index in [0.717, 1.165) is 5.56 Å². The predicted molar refractivity (Wildman–Crippen MR) is 99.2 cm³/mol. The van der Waals surface area contributed by atoms with Gasteiger partial charge in [-0.2, -0.15) is 0 Å². The highest BCUT2D eigenvalue weighted by atomic mass is 35.5. The lowest BCUT2D eigenvalue weighted by Crippen LogP contribution is -2.37. The average molecular weight is 395 g/mol. The van der Waals surface area contributed by atoms with Crippen molar-refractivity contribution in [1.82, 2.24) is 0 Å². The number of benzene rings is 2. The summed E-state index contributed by atoms with van der Waals surface area (Å²) < 4.78 is 37.7. The summed E-state index contributed by atoms with van der Waals surface area (Å²) in [5, 5.41) is 0.507. The highest BCUT2D eigenvalue weighted by Crippen LogP contribution is 2.38. The van der Waals surface area contributed by atoms with Gasteiger partial charge >= 0.3 is 6.03 Å². The van der Waals surface area contributed by atoms with Gasteiger partial charge in [-0.25, -0.2) is 17.6 Å². The van der Waals surface area contributed by atoms with E-state index in [9.17, 15) is 17.6 Å². The van der Waals surface area contributed by atoms with Crippen LogP contribution in [0.5, 0.6) is 0 Å². The van der Waals surface area contributed by atoms with Crippen LogP contribution in [0.2, 0.25) is 5.02 Å². The highest BCUT2D eigenvalue weighted by Gasteiger charge is 2.54. The van der Waals surface area contributed by atoms with Crippen molar-refractivity contribution in [3.05, 3.63) is 58.9 Å². The van der Waals surface area contributed by atoms with Crippen LogP contribution in [0.1, 0.15) is 5.56 Å². The first-order valence-corrected chi connectivity index (χ1v) is 10.3. The fourth-order valence-corrected chi connectivity index (χ4v) is 5.73. The first kappa shape index (κ1) is 17.3. The molecular formula is C18H16ClFN2O3S. The molecule has 136 valence electrons. The average Bonchev–Trinajstić information content (AvgIpc) is 3.00. The molecule has 5 nitrogen and oxygen atoms in total. The van der Waals surface area contributed by atoms with Crippen LogP contribution in [0.15, 0.2) is 42.5 Å². The van der Waals surface area contributed by atoms with Gasteiger partial charge in [-0.05, 0) is 48.9 Å². The molecule has 0 aromatic heterocycles. The molecule has 2 amide bonds. The number of aryl methyl sites for hydroxylation is 1. The van der Waals surface area contributed by atoms with Gasteiger partial charge in [-0.1, -0.05) is 17.7 Å². The molecule has 0 spiro atoms. The maximum atomic E-state index is 13.3. The maximum Gasteiger partial charge on any atom is 0.329 e. The summed E-state index contributed by atoms with van der Waals surface area (Å²) in [5.74, 6) is -0.637. The molecule has 2 aliphatic heterocycles.